The number of rotatable bonds is 4. The Labute approximate surface area is 168 Å². The molecule has 0 bridgehead atoms. The van der Waals surface area contributed by atoms with Gasteiger partial charge in [-0.05, 0) is 59.5 Å². The molecule has 1 aliphatic heterocycles. The van der Waals surface area contributed by atoms with Gasteiger partial charge >= 0.3 is 5.97 Å². The van der Waals surface area contributed by atoms with Gasteiger partial charge in [-0.25, -0.2) is 0 Å². The summed E-state index contributed by atoms with van der Waals surface area (Å²) in [6, 6.07) is 20.3. The molecule has 0 fully saturated rings. The lowest BCUT2D eigenvalue weighted by Crippen LogP contribution is -2.23. The maximum absolute atomic E-state index is 12.8. The van der Waals surface area contributed by atoms with Crippen molar-refractivity contribution in [1.82, 2.24) is 0 Å². The summed E-state index contributed by atoms with van der Waals surface area (Å²) in [5.74, 6) is -1.62. The molecule has 4 rings (SSSR count). The summed E-state index contributed by atoms with van der Waals surface area (Å²) >= 11 is 6.01. The summed E-state index contributed by atoms with van der Waals surface area (Å²) in [5.41, 5.74) is 4.78. The van der Waals surface area contributed by atoms with Crippen molar-refractivity contribution in [3.05, 3.63) is 88.4 Å². The van der Waals surface area contributed by atoms with Gasteiger partial charge in [-0.15, -0.1) is 0 Å². The van der Waals surface area contributed by atoms with Crippen LogP contribution in [0.2, 0.25) is 5.02 Å². The second kappa shape index (κ2) is 7.13. The topological polar surface area (TPSA) is 57.6 Å². The van der Waals surface area contributed by atoms with E-state index in [1.54, 1.807) is 30.0 Å². The van der Waals surface area contributed by atoms with Gasteiger partial charge < -0.3 is 10.0 Å². The molecule has 1 aliphatic rings. The van der Waals surface area contributed by atoms with E-state index in [9.17, 15) is 14.7 Å². The van der Waals surface area contributed by atoms with Gasteiger partial charge in [-0.3, -0.25) is 9.59 Å². The first-order valence-corrected chi connectivity index (χ1v) is 9.36. The first-order valence-electron chi connectivity index (χ1n) is 8.98. The largest absolute Gasteiger partial charge is 0.481 e. The molecule has 0 radical (unpaired) electrons. The third-order valence-corrected chi connectivity index (χ3v) is 5.41. The van der Waals surface area contributed by atoms with Crippen LogP contribution in [-0.4, -0.2) is 17.0 Å². The first kappa shape index (κ1) is 18.3. The van der Waals surface area contributed by atoms with Crippen LogP contribution in [0.25, 0.3) is 11.1 Å². The van der Waals surface area contributed by atoms with Crippen LogP contribution in [0.4, 0.5) is 5.69 Å². The van der Waals surface area contributed by atoms with Gasteiger partial charge in [0, 0.05) is 16.3 Å². The molecule has 0 saturated heterocycles. The average Bonchev–Trinajstić information content (AvgIpc) is 3.04. The lowest BCUT2D eigenvalue weighted by Gasteiger charge is -2.20. The van der Waals surface area contributed by atoms with Gasteiger partial charge in [0.15, 0.2) is 0 Å². The van der Waals surface area contributed by atoms with E-state index in [-0.39, 0.29) is 5.91 Å². The zero-order valence-corrected chi connectivity index (χ0v) is 16.0. The number of nitrogens with zero attached hydrogens (tertiary/aromatic N) is 1. The van der Waals surface area contributed by atoms with Crippen LogP contribution in [0, 0.1) is 0 Å². The van der Waals surface area contributed by atoms with E-state index in [0.29, 0.717) is 22.7 Å². The number of carboxylic acids is 1. The zero-order chi connectivity index (χ0) is 19.8. The fourth-order valence-corrected chi connectivity index (χ4v) is 3.69. The summed E-state index contributed by atoms with van der Waals surface area (Å²) in [6.07, 6.45) is 0. The van der Waals surface area contributed by atoms with Crippen LogP contribution in [-0.2, 0) is 11.3 Å². The van der Waals surface area contributed by atoms with E-state index in [4.69, 9.17) is 11.6 Å². The van der Waals surface area contributed by atoms with Gasteiger partial charge in [0.25, 0.3) is 5.91 Å². The molecule has 3 aromatic rings. The summed E-state index contributed by atoms with van der Waals surface area (Å²) < 4.78 is 0. The van der Waals surface area contributed by atoms with Crippen molar-refractivity contribution in [1.29, 1.82) is 0 Å². The Morgan fingerprint density at radius 2 is 1.75 bits per heavy atom. The highest BCUT2D eigenvalue weighted by Gasteiger charge is 2.29. The van der Waals surface area contributed by atoms with Crippen LogP contribution in [0.3, 0.4) is 0 Å². The molecule has 0 aliphatic carbocycles. The monoisotopic (exact) mass is 391 g/mol. The Balaban J connectivity index is 1.81. The molecule has 3 aromatic carbocycles. The lowest BCUT2D eigenvalue weighted by molar-refractivity contribution is -0.138. The molecular weight excluding hydrogens is 374 g/mol. The minimum Gasteiger partial charge on any atom is -0.481 e. The Morgan fingerprint density at radius 3 is 2.43 bits per heavy atom. The second-order valence-corrected chi connectivity index (χ2v) is 7.32. The second-order valence-electron chi connectivity index (χ2n) is 6.89. The van der Waals surface area contributed by atoms with Gasteiger partial charge in [0.05, 0.1) is 12.5 Å². The number of aliphatic carboxylic acids is 1. The summed E-state index contributed by atoms with van der Waals surface area (Å²) in [4.78, 5) is 26.1. The molecule has 1 unspecified atom stereocenters. The van der Waals surface area contributed by atoms with Gasteiger partial charge in [0.2, 0.25) is 0 Å². The van der Waals surface area contributed by atoms with Gasteiger partial charge in [-0.2, -0.15) is 0 Å². The molecule has 0 saturated carbocycles. The Kier molecular flexibility index (Phi) is 4.65. The third kappa shape index (κ3) is 3.16. The number of hydrogen-bond acceptors (Lipinski definition) is 2. The van der Waals surface area contributed by atoms with Crippen molar-refractivity contribution in [3.8, 4) is 11.1 Å². The summed E-state index contributed by atoms with van der Waals surface area (Å²) in [5, 5.41) is 10.1. The minimum absolute atomic E-state index is 0.0447. The van der Waals surface area contributed by atoms with E-state index in [0.717, 1.165) is 22.4 Å². The smallest absolute Gasteiger partial charge is 0.310 e. The maximum atomic E-state index is 12.8. The molecule has 1 atom stereocenters. The highest BCUT2D eigenvalue weighted by molar-refractivity contribution is 6.30. The quantitative estimate of drug-likeness (QED) is 0.651. The molecule has 1 amide bonds. The molecule has 0 spiro atoms. The summed E-state index contributed by atoms with van der Waals surface area (Å²) in [6.45, 7) is 2.16. The van der Waals surface area contributed by atoms with Gasteiger partial charge in [-0.1, -0.05) is 48.0 Å². The number of halogens is 1. The fourth-order valence-electron chi connectivity index (χ4n) is 3.57. The van der Waals surface area contributed by atoms with Crippen LogP contribution in [0.1, 0.15) is 34.3 Å². The average molecular weight is 392 g/mol. The van der Waals surface area contributed by atoms with Crippen LogP contribution in [0.5, 0.6) is 0 Å². The molecule has 140 valence electrons. The number of benzene rings is 3. The van der Waals surface area contributed by atoms with E-state index < -0.39 is 11.9 Å². The van der Waals surface area contributed by atoms with E-state index in [2.05, 4.69) is 0 Å². The standard InChI is InChI=1S/C23H18ClNO3/c1-14(23(27)28)19-11-10-18(12-21(19)15-6-8-17(24)9-7-15)25-13-16-4-2-3-5-20(16)22(25)26/h2-12,14H,13H2,1H3,(H,27,28). The number of carbonyl (C=O) groups is 2. The normalized spacial score (nSPS) is 14.1. The number of carbonyl (C=O) groups excluding carboxylic acids is 1. The zero-order valence-electron chi connectivity index (χ0n) is 15.2. The maximum Gasteiger partial charge on any atom is 0.310 e. The number of hydrogen-bond donors (Lipinski definition) is 1. The Hall–Kier alpha value is -3.11. The van der Waals surface area contributed by atoms with Crippen molar-refractivity contribution in [2.24, 2.45) is 0 Å². The number of amides is 1. The van der Waals surface area contributed by atoms with Gasteiger partial charge in [0.1, 0.15) is 0 Å². The molecular formula is C23H18ClNO3. The molecule has 1 heterocycles. The summed E-state index contributed by atoms with van der Waals surface area (Å²) in [7, 11) is 0. The van der Waals surface area contributed by atoms with Crippen LogP contribution >= 0.6 is 11.6 Å². The van der Waals surface area contributed by atoms with Crippen LogP contribution in [0.15, 0.2) is 66.7 Å². The fraction of sp³-hybridized carbons (Fsp3) is 0.130. The van der Waals surface area contributed by atoms with E-state index in [1.165, 1.54) is 0 Å². The first-order chi connectivity index (χ1) is 13.5. The van der Waals surface area contributed by atoms with Crippen molar-refractivity contribution in [2.75, 3.05) is 4.90 Å². The Morgan fingerprint density at radius 1 is 1.04 bits per heavy atom. The Bertz CT molecular complexity index is 1080. The lowest BCUT2D eigenvalue weighted by atomic mass is 9.91. The molecule has 1 N–H and O–H groups in total. The van der Waals surface area contributed by atoms with Crippen LogP contribution < -0.4 is 4.90 Å². The molecule has 4 nitrogen and oxygen atoms in total. The van der Waals surface area contributed by atoms with E-state index >= 15 is 0 Å². The van der Waals surface area contributed by atoms with Crippen molar-refractivity contribution in [2.45, 2.75) is 19.4 Å². The van der Waals surface area contributed by atoms with Crippen molar-refractivity contribution < 1.29 is 14.7 Å². The minimum atomic E-state index is -0.896. The number of fused-ring (bicyclic) bond motifs is 1. The number of anilines is 1. The predicted octanol–water partition coefficient (Wildman–Crippen LogP) is 5.36. The SMILES string of the molecule is CC(C(=O)O)c1ccc(N2Cc3ccccc3C2=O)cc1-c1ccc(Cl)cc1. The van der Waals surface area contributed by atoms with Crippen molar-refractivity contribution >= 4 is 29.2 Å². The number of carboxylic acid groups (broad SMARTS) is 1. The predicted molar refractivity (Wildman–Crippen MR) is 110 cm³/mol. The van der Waals surface area contributed by atoms with Crippen molar-refractivity contribution in [3.63, 3.8) is 0 Å². The highest BCUT2D eigenvalue weighted by Crippen LogP contribution is 2.36. The molecule has 5 heteroatoms. The molecule has 28 heavy (non-hydrogen) atoms. The molecule has 0 aromatic heterocycles. The highest BCUT2D eigenvalue weighted by atomic mass is 35.5. The van der Waals surface area contributed by atoms with E-state index in [1.807, 2.05) is 48.5 Å². The third-order valence-electron chi connectivity index (χ3n) is 5.16.